The van der Waals surface area contributed by atoms with Gasteiger partial charge in [-0.1, -0.05) is 23.2 Å². The van der Waals surface area contributed by atoms with E-state index in [1.807, 2.05) is 0 Å². The average molecular weight is 361 g/mol. The predicted molar refractivity (Wildman–Crippen MR) is 80.8 cm³/mol. The minimum Gasteiger partial charge on any atom is -0.399 e. The number of nitrogens with zero attached hydrogens (tertiary/aromatic N) is 1. The number of nitrogens with two attached hydrogens (primary N) is 1. The van der Waals surface area contributed by atoms with Crippen molar-refractivity contribution >= 4 is 56.4 Å². The highest BCUT2D eigenvalue weighted by molar-refractivity contribution is 9.10. The van der Waals surface area contributed by atoms with Crippen molar-refractivity contribution in [3.63, 3.8) is 0 Å². The molecule has 0 spiro atoms. The Morgan fingerprint density at radius 2 is 2.05 bits per heavy atom. The number of rotatable bonds is 2. The Labute approximate surface area is 128 Å². The van der Waals surface area contributed by atoms with Gasteiger partial charge in [0.1, 0.15) is 5.15 Å². The fraction of sp³-hybridized carbons (Fsp3) is 0. The number of amides is 1. The summed E-state index contributed by atoms with van der Waals surface area (Å²) >= 11 is 14.9. The number of nitrogen functional groups attached to an aromatic ring is 1. The number of carbonyl (C=O) groups is 1. The molecule has 0 aliphatic rings. The van der Waals surface area contributed by atoms with E-state index in [1.54, 1.807) is 18.2 Å². The van der Waals surface area contributed by atoms with Gasteiger partial charge in [-0.05, 0) is 40.2 Å². The van der Waals surface area contributed by atoms with Crippen LogP contribution in [-0.4, -0.2) is 10.9 Å². The molecule has 1 amide bonds. The molecule has 0 aliphatic carbocycles. The molecule has 0 fully saturated rings. The van der Waals surface area contributed by atoms with Crippen molar-refractivity contribution in [3.8, 4) is 0 Å². The number of hydrogen-bond acceptors (Lipinski definition) is 3. The Kier molecular flexibility index (Phi) is 4.29. The molecule has 2 aromatic rings. The lowest BCUT2D eigenvalue weighted by Crippen LogP contribution is -2.13. The maximum atomic E-state index is 12.1. The van der Waals surface area contributed by atoms with E-state index in [4.69, 9.17) is 28.9 Å². The van der Waals surface area contributed by atoms with Gasteiger partial charge >= 0.3 is 0 Å². The molecule has 0 saturated carbocycles. The molecule has 7 heteroatoms. The first-order valence-corrected chi connectivity index (χ1v) is 6.69. The predicted octanol–water partition coefficient (Wildman–Crippen LogP) is 3.99. The fourth-order valence-electron chi connectivity index (χ4n) is 1.40. The summed E-state index contributed by atoms with van der Waals surface area (Å²) in [5, 5.41) is 3.31. The molecule has 0 unspecified atom stereocenters. The second-order valence-electron chi connectivity index (χ2n) is 3.69. The SMILES string of the molecule is Nc1ccc(Cl)c(C(=O)Nc2cnc(Cl)c(Br)c2)c1. The molecule has 1 aromatic heterocycles. The van der Waals surface area contributed by atoms with E-state index in [2.05, 4.69) is 26.2 Å². The van der Waals surface area contributed by atoms with E-state index < -0.39 is 0 Å². The van der Waals surface area contributed by atoms with E-state index >= 15 is 0 Å². The summed E-state index contributed by atoms with van der Waals surface area (Å²) in [6, 6.07) is 6.35. The Morgan fingerprint density at radius 3 is 2.74 bits per heavy atom. The van der Waals surface area contributed by atoms with Crippen LogP contribution < -0.4 is 11.1 Å². The second-order valence-corrected chi connectivity index (χ2v) is 5.31. The van der Waals surface area contributed by atoms with Gasteiger partial charge in [-0.25, -0.2) is 4.98 Å². The van der Waals surface area contributed by atoms with E-state index in [0.717, 1.165) is 0 Å². The topological polar surface area (TPSA) is 68.0 Å². The molecule has 0 atom stereocenters. The molecule has 4 nitrogen and oxygen atoms in total. The maximum Gasteiger partial charge on any atom is 0.257 e. The van der Waals surface area contributed by atoms with E-state index in [-0.39, 0.29) is 5.91 Å². The number of aromatic nitrogens is 1. The van der Waals surface area contributed by atoms with Gasteiger partial charge in [0.25, 0.3) is 5.91 Å². The van der Waals surface area contributed by atoms with Crippen LogP contribution in [0, 0.1) is 0 Å². The standard InChI is InChI=1S/C12H8BrCl2N3O/c13-9-4-7(5-17-11(9)15)18-12(19)8-3-6(16)1-2-10(8)14/h1-5H,16H2,(H,18,19). The highest BCUT2D eigenvalue weighted by Crippen LogP contribution is 2.24. The number of hydrogen-bond donors (Lipinski definition) is 2. The minimum atomic E-state index is -0.367. The number of nitrogens with one attached hydrogen (secondary N) is 1. The molecule has 3 N–H and O–H groups in total. The van der Waals surface area contributed by atoms with Crippen molar-refractivity contribution < 1.29 is 4.79 Å². The van der Waals surface area contributed by atoms with Gasteiger partial charge in [0.15, 0.2) is 0 Å². The Morgan fingerprint density at radius 1 is 1.32 bits per heavy atom. The molecular weight excluding hydrogens is 353 g/mol. The summed E-state index contributed by atoms with van der Waals surface area (Å²) in [4.78, 5) is 16.0. The lowest BCUT2D eigenvalue weighted by Gasteiger charge is -2.08. The van der Waals surface area contributed by atoms with E-state index in [1.165, 1.54) is 12.3 Å². The van der Waals surface area contributed by atoms with Crippen LogP contribution in [0.4, 0.5) is 11.4 Å². The van der Waals surface area contributed by atoms with Gasteiger partial charge in [0.05, 0.1) is 26.9 Å². The lowest BCUT2D eigenvalue weighted by molar-refractivity contribution is 0.102. The van der Waals surface area contributed by atoms with Gasteiger partial charge in [-0.2, -0.15) is 0 Å². The van der Waals surface area contributed by atoms with Crippen LogP contribution in [0.2, 0.25) is 10.2 Å². The highest BCUT2D eigenvalue weighted by atomic mass is 79.9. The molecule has 1 heterocycles. The maximum absolute atomic E-state index is 12.1. The van der Waals surface area contributed by atoms with Crippen LogP contribution in [-0.2, 0) is 0 Å². The zero-order valence-electron chi connectivity index (χ0n) is 9.45. The minimum absolute atomic E-state index is 0.299. The fourth-order valence-corrected chi connectivity index (χ4v) is 2.06. The Bertz CT molecular complexity index is 649. The molecule has 0 aliphatic heterocycles. The van der Waals surface area contributed by atoms with Gasteiger partial charge in [-0.3, -0.25) is 4.79 Å². The van der Waals surface area contributed by atoms with Gasteiger partial charge < -0.3 is 11.1 Å². The zero-order valence-corrected chi connectivity index (χ0v) is 12.6. The Balaban J connectivity index is 2.25. The zero-order chi connectivity index (χ0) is 14.0. The third-order valence-corrected chi connectivity index (χ3v) is 3.75. The van der Waals surface area contributed by atoms with Crippen LogP contribution in [0.3, 0.4) is 0 Å². The largest absolute Gasteiger partial charge is 0.399 e. The van der Waals surface area contributed by atoms with Crippen LogP contribution in [0.15, 0.2) is 34.9 Å². The molecule has 0 saturated heterocycles. The average Bonchev–Trinajstić information content (AvgIpc) is 2.36. The quantitative estimate of drug-likeness (QED) is 0.628. The lowest BCUT2D eigenvalue weighted by atomic mass is 10.2. The third kappa shape index (κ3) is 3.37. The van der Waals surface area contributed by atoms with Crippen molar-refractivity contribution in [3.05, 3.63) is 50.7 Å². The van der Waals surface area contributed by atoms with Crippen LogP contribution in [0.5, 0.6) is 0 Å². The van der Waals surface area contributed by atoms with Gasteiger partial charge in [0, 0.05) is 5.69 Å². The number of pyridine rings is 1. The molecule has 2 rings (SSSR count). The summed E-state index contributed by atoms with van der Waals surface area (Å²) < 4.78 is 0.589. The number of benzene rings is 1. The number of carbonyl (C=O) groups excluding carboxylic acids is 1. The monoisotopic (exact) mass is 359 g/mol. The third-order valence-electron chi connectivity index (χ3n) is 2.29. The van der Waals surface area contributed by atoms with Crippen molar-refractivity contribution in [1.82, 2.24) is 4.98 Å². The molecule has 0 radical (unpaired) electrons. The summed E-state index contributed by atoms with van der Waals surface area (Å²) in [6.45, 7) is 0. The van der Waals surface area contributed by atoms with E-state index in [9.17, 15) is 4.79 Å². The first kappa shape index (κ1) is 14.1. The molecule has 98 valence electrons. The van der Waals surface area contributed by atoms with Crippen LogP contribution in [0.1, 0.15) is 10.4 Å². The number of halogens is 3. The smallest absolute Gasteiger partial charge is 0.257 e. The molecule has 1 aromatic carbocycles. The molecular formula is C12H8BrCl2N3O. The summed E-state index contributed by atoms with van der Waals surface area (Å²) in [5.41, 5.74) is 6.89. The summed E-state index contributed by atoms with van der Waals surface area (Å²) in [7, 11) is 0. The van der Waals surface area contributed by atoms with Crippen LogP contribution in [0.25, 0.3) is 0 Å². The molecule has 0 bridgehead atoms. The second kappa shape index (κ2) is 5.77. The number of anilines is 2. The normalized spacial score (nSPS) is 10.3. The van der Waals surface area contributed by atoms with Crippen molar-refractivity contribution in [2.75, 3.05) is 11.1 Å². The summed E-state index contributed by atoms with van der Waals surface area (Å²) in [6.07, 6.45) is 1.45. The first-order chi connectivity index (χ1) is 8.97. The van der Waals surface area contributed by atoms with Crippen LogP contribution >= 0.6 is 39.1 Å². The molecule has 19 heavy (non-hydrogen) atoms. The van der Waals surface area contributed by atoms with Gasteiger partial charge in [-0.15, -0.1) is 0 Å². The van der Waals surface area contributed by atoms with Crippen molar-refractivity contribution in [2.45, 2.75) is 0 Å². The highest BCUT2D eigenvalue weighted by Gasteiger charge is 2.12. The van der Waals surface area contributed by atoms with Crippen molar-refractivity contribution in [1.29, 1.82) is 0 Å². The van der Waals surface area contributed by atoms with Crippen molar-refractivity contribution in [2.24, 2.45) is 0 Å². The summed E-state index contributed by atoms with van der Waals surface area (Å²) in [5.74, 6) is -0.367. The first-order valence-electron chi connectivity index (χ1n) is 5.15. The van der Waals surface area contributed by atoms with E-state index in [0.29, 0.717) is 31.6 Å². The van der Waals surface area contributed by atoms with Gasteiger partial charge in [0.2, 0.25) is 0 Å². The Hall–Kier alpha value is -1.30.